The molecule has 0 aromatic heterocycles. The van der Waals surface area contributed by atoms with E-state index in [1.54, 1.807) is 6.08 Å². The van der Waals surface area contributed by atoms with E-state index in [-0.39, 0.29) is 11.4 Å². The van der Waals surface area contributed by atoms with Gasteiger partial charge in [-0.3, -0.25) is 4.79 Å². The number of rotatable bonds is 4. The monoisotopic (exact) mass is 190 g/mol. The highest BCUT2D eigenvalue weighted by molar-refractivity contribution is 6.55. The van der Waals surface area contributed by atoms with E-state index in [1.807, 2.05) is 0 Å². The Bertz CT molecular complexity index is 204. The zero-order valence-electron chi connectivity index (χ0n) is 5.89. The molecule has 0 rings (SSSR count). The molecule has 3 heteroatoms. The lowest BCUT2D eigenvalue weighted by molar-refractivity contribution is -0.113. The highest BCUT2D eigenvalue weighted by atomic mass is 35.5. The van der Waals surface area contributed by atoms with Crippen molar-refractivity contribution in [3.63, 3.8) is 0 Å². The molecular formula is C8H8Cl2O. The average molecular weight is 191 g/mol. The van der Waals surface area contributed by atoms with Gasteiger partial charge in [0.15, 0.2) is 10.6 Å². The molecule has 0 amide bonds. The van der Waals surface area contributed by atoms with Crippen molar-refractivity contribution in [3.8, 4) is 0 Å². The van der Waals surface area contributed by atoms with Crippen LogP contribution < -0.4 is 0 Å². The first kappa shape index (κ1) is 10.5. The van der Waals surface area contributed by atoms with Crippen molar-refractivity contribution in [3.05, 3.63) is 37.0 Å². The fourth-order valence-electron chi connectivity index (χ4n) is 0.406. The Morgan fingerprint density at radius 3 is 2.36 bits per heavy atom. The van der Waals surface area contributed by atoms with Gasteiger partial charge in [0.2, 0.25) is 0 Å². The average Bonchev–Trinajstić information content (AvgIpc) is 1.98. The summed E-state index contributed by atoms with van der Waals surface area (Å²) >= 11 is 10.6. The highest BCUT2D eigenvalue weighted by Gasteiger charge is 2.12. The quantitative estimate of drug-likeness (QED) is 0.379. The smallest absolute Gasteiger partial charge is 0.195 e. The second kappa shape index (κ2) is 5.16. The summed E-state index contributed by atoms with van der Waals surface area (Å²) in [5, 5.41) is 0. The van der Waals surface area contributed by atoms with E-state index in [9.17, 15) is 4.79 Å². The van der Waals surface area contributed by atoms with Crippen LogP contribution in [0, 0.1) is 0 Å². The van der Waals surface area contributed by atoms with Crippen molar-refractivity contribution in [2.75, 3.05) is 0 Å². The molecule has 1 nitrogen and oxygen atoms in total. The van der Waals surface area contributed by atoms with Crippen molar-refractivity contribution in [1.82, 2.24) is 0 Å². The van der Waals surface area contributed by atoms with E-state index in [4.69, 9.17) is 23.2 Å². The van der Waals surface area contributed by atoms with Crippen LogP contribution >= 0.6 is 23.2 Å². The van der Waals surface area contributed by atoms with E-state index in [0.29, 0.717) is 0 Å². The summed E-state index contributed by atoms with van der Waals surface area (Å²) in [7, 11) is 0. The summed E-state index contributed by atoms with van der Waals surface area (Å²) in [6, 6.07) is 0. The third-order valence-corrected chi connectivity index (χ3v) is 1.34. The Morgan fingerprint density at radius 2 is 2.00 bits per heavy atom. The number of Topliss-reactive ketones (excluding diaryl/α,β-unsaturated/α-hetero) is 1. The molecule has 0 aliphatic heterocycles. The molecule has 0 saturated carbocycles. The van der Waals surface area contributed by atoms with Crippen LogP contribution in [0.15, 0.2) is 37.0 Å². The molecule has 0 fully saturated rings. The van der Waals surface area contributed by atoms with Gasteiger partial charge in [0.05, 0.1) is 0 Å². The van der Waals surface area contributed by atoms with E-state index >= 15 is 0 Å². The molecule has 0 atom stereocenters. The molecule has 0 radical (unpaired) electrons. The Labute approximate surface area is 76.0 Å². The lowest BCUT2D eigenvalue weighted by Crippen LogP contribution is -2.08. The number of carbonyl (C=O) groups is 1. The molecule has 0 aromatic rings. The summed E-state index contributed by atoms with van der Waals surface area (Å²) in [6.07, 6.45) is 4.64. The Kier molecular flexibility index (Phi) is 4.92. The first-order chi connectivity index (χ1) is 5.09. The summed E-state index contributed by atoms with van der Waals surface area (Å²) in [4.78, 5) is 9.87. The van der Waals surface area contributed by atoms with Crippen LogP contribution in [0.1, 0.15) is 0 Å². The molecule has 0 aliphatic carbocycles. The van der Waals surface area contributed by atoms with Gasteiger partial charge in [-0.05, 0) is 0 Å². The molecular weight excluding hydrogens is 183 g/mol. The maximum atomic E-state index is 10.9. The minimum Gasteiger partial charge on any atom is -0.291 e. The molecule has 60 valence electrons. The van der Waals surface area contributed by atoms with Crippen LogP contribution in [0.5, 0.6) is 0 Å². The third kappa shape index (κ3) is 4.02. The van der Waals surface area contributed by atoms with E-state index < -0.39 is 4.84 Å². The lowest BCUT2D eigenvalue weighted by atomic mass is 10.2. The minimum absolute atomic E-state index is 0.278. The topological polar surface area (TPSA) is 17.1 Å². The lowest BCUT2D eigenvalue weighted by Gasteiger charge is -1.97. The molecule has 0 saturated heterocycles. The predicted octanol–water partition coefficient (Wildman–Crippen LogP) is 2.66. The van der Waals surface area contributed by atoms with Crippen molar-refractivity contribution >= 4 is 29.0 Å². The number of halogens is 2. The predicted molar refractivity (Wildman–Crippen MR) is 49.0 cm³/mol. The van der Waals surface area contributed by atoms with E-state index in [0.717, 1.165) is 0 Å². The maximum absolute atomic E-state index is 10.9. The Hall–Kier alpha value is -0.530. The Morgan fingerprint density at radius 1 is 1.45 bits per heavy atom. The van der Waals surface area contributed by atoms with Crippen LogP contribution in [-0.4, -0.2) is 10.6 Å². The standard InChI is InChI=1S/C8H8Cl2O/c1-3-4-5-6(2)7(11)8(9)10/h3-5,8H,1-2H2/b5-4-. The fourth-order valence-corrected chi connectivity index (χ4v) is 0.687. The van der Waals surface area contributed by atoms with Gasteiger partial charge in [-0.15, -0.1) is 0 Å². The first-order valence-electron chi connectivity index (χ1n) is 2.90. The molecule has 11 heavy (non-hydrogen) atoms. The second-order valence-electron chi connectivity index (χ2n) is 1.79. The second-order valence-corrected chi connectivity index (χ2v) is 2.88. The van der Waals surface area contributed by atoms with Gasteiger partial charge in [0.1, 0.15) is 0 Å². The third-order valence-electron chi connectivity index (χ3n) is 0.948. The van der Waals surface area contributed by atoms with Gasteiger partial charge >= 0.3 is 0 Å². The first-order valence-corrected chi connectivity index (χ1v) is 3.77. The highest BCUT2D eigenvalue weighted by Crippen LogP contribution is 2.09. The molecule has 0 unspecified atom stereocenters. The van der Waals surface area contributed by atoms with Crippen molar-refractivity contribution < 1.29 is 4.79 Å². The normalized spacial score (nSPS) is 10.5. The number of hydrogen-bond acceptors (Lipinski definition) is 1. The summed E-state index contributed by atoms with van der Waals surface area (Å²) < 4.78 is 0. The van der Waals surface area contributed by atoms with Crippen molar-refractivity contribution in [2.45, 2.75) is 4.84 Å². The summed E-state index contributed by atoms with van der Waals surface area (Å²) in [5.41, 5.74) is 0.278. The largest absolute Gasteiger partial charge is 0.291 e. The van der Waals surface area contributed by atoms with Crippen molar-refractivity contribution in [2.24, 2.45) is 0 Å². The summed E-state index contributed by atoms with van der Waals surface area (Å²) in [5.74, 6) is -0.383. The van der Waals surface area contributed by atoms with Gasteiger partial charge in [-0.1, -0.05) is 54.6 Å². The number of alkyl halides is 2. The molecule has 0 aromatic carbocycles. The molecule has 0 heterocycles. The molecule has 0 bridgehead atoms. The number of allylic oxidation sites excluding steroid dienone is 4. The van der Waals surface area contributed by atoms with E-state index in [2.05, 4.69) is 13.2 Å². The number of hydrogen-bond donors (Lipinski definition) is 0. The SMILES string of the molecule is C=C/C=C\C(=C)C(=O)C(Cl)Cl. The Balaban J connectivity index is 4.15. The van der Waals surface area contributed by atoms with Gasteiger partial charge in [0.25, 0.3) is 0 Å². The fraction of sp³-hybridized carbons (Fsp3) is 0.125. The molecule has 0 N–H and O–H groups in total. The van der Waals surface area contributed by atoms with Gasteiger partial charge in [-0.2, -0.15) is 0 Å². The van der Waals surface area contributed by atoms with E-state index in [1.165, 1.54) is 12.2 Å². The van der Waals surface area contributed by atoms with Crippen LogP contribution in [0.2, 0.25) is 0 Å². The number of ketones is 1. The van der Waals surface area contributed by atoms with Crippen LogP contribution in [0.4, 0.5) is 0 Å². The maximum Gasteiger partial charge on any atom is 0.195 e. The van der Waals surface area contributed by atoms with Gasteiger partial charge < -0.3 is 0 Å². The zero-order chi connectivity index (χ0) is 8.85. The van der Waals surface area contributed by atoms with Crippen LogP contribution in [0.3, 0.4) is 0 Å². The molecule has 0 spiro atoms. The van der Waals surface area contributed by atoms with Gasteiger partial charge in [-0.25, -0.2) is 0 Å². The minimum atomic E-state index is -1.03. The number of carbonyl (C=O) groups excluding carboxylic acids is 1. The van der Waals surface area contributed by atoms with Crippen LogP contribution in [-0.2, 0) is 4.79 Å². The van der Waals surface area contributed by atoms with Gasteiger partial charge in [0, 0.05) is 5.57 Å². The molecule has 0 aliphatic rings. The van der Waals surface area contributed by atoms with Crippen LogP contribution in [0.25, 0.3) is 0 Å². The van der Waals surface area contributed by atoms with Crippen molar-refractivity contribution in [1.29, 1.82) is 0 Å². The zero-order valence-corrected chi connectivity index (χ0v) is 7.40. The summed E-state index contributed by atoms with van der Waals surface area (Å²) in [6.45, 7) is 6.89.